The van der Waals surface area contributed by atoms with E-state index in [1.165, 1.54) is 7.11 Å². The van der Waals surface area contributed by atoms with E-state index >= 15 is 0 Å². The van der Waals surface area contributed by atoms with Gasteiger partial charge < -0.3 is 22.5 Å². The van der Waals surface area contributed by atoms with Crippen LogP contribution in [-0.4, -0.2) is 45.1 Å². The van der Waals surface area contributed by atoms with Gasteiger partial charge in [-0.2, -0.15) is 0 Å². The Morgan fingerprint density at radius 1 is 1.53 bits per heavy atom. The number of sulfone groups is 1. The lowest BCUT2D eigenvalue weighted by Crippen LogP contribution is -3.00. The molecule has 1 aliphatic rings. The minimum atomic E-state index is -2.86. The molecule has 1 saturated heterocycles. The Labute approximate surface area is 95.9 Å². The quantitative estimate of drug-likeness (QED) is 0.516. The summed E-state index contributed by atoms with van der Waals surface area (Å²) < 4.78 is 26.8. The zero-order valence-corrected chi connectivity index (χ0v) is 10.3. The lowest BCUT2D eigenvalue weighted by Gasteiger charge is -2.12. The van der Waals surface area contributed by atoms with Gasteiger partial charge in [0.2, 0.25) is 0 Å². The van der Waals surface area contributed by atoms with Crippen LogP contribution in [0.15, 0.2) is 0 Å². The van der Waals surface area contributed by atoms with Crippen LogP contribution in [-0.2, 0) is 19.4 Å². The zero-order valence-electron chi connectivity index (χ0n) is 8.77. The summed E-state index contributed by atoms with van der Waals surface area (Å²) >= 11 is 0. The van der Waals surface area contributed by atoms with Crippen LogP contribution in [0, 0.1) is 0 Å². The van der Waals surface area contributed by atoms with E-state index in [0.29, 0.717) is 6.42 Å². The van der Waals surface area contributed by atoms with Crippen LogP contribution in [0.5, 0.6) is 0 Å². The van der Waals surface area contributed by atoms with Gasteiger partial charge in [-0.05, 0) is 6.92 Å². The van der Waals surface area contributed by atoms with Crippen LogP contribution >= 0.6 is 0 Å². The number of ether oxygens (including phenoxy) is 1. The minimum absolute atomic E-state index is 0. The monoisotopic (exact) mass is 257 g/mol. The highest BCUT2D eigenvalue weighted by molar-refractivity contribution is 7.91. The molecule has 2 N–H and O–H groups in total. The number of hydrogen-bond donors (Lipinski definition) is 1. The molecule has 5 nitrogen and oxygen atoms in total. The van der Waals surface area contributed by atoms with E-state index in [1.54, 1.807) is 12.2 Å². The van der Waals surface area contributed by atoms with E-state index in [9.17, 15) is 13.2 Å². The summed E-state index contributed by atoms with van der Waals surface area (Å²) in [6.45, 7) is 1.72. The van der Waals surface area contributed by atoms with E-state index in [0.717, 1.165) is 0 Å². The van der Waals surface area contributed by atoms with Crippen molar-refractivity contribution >= 4 is 15.8 Å². The van der Waals surface area contributed by atoms with Crippen LogP contribution in [0.1, 0.15) is 13.3 Å². The highest BCUT2D eigenvalue weighted by Crippen LogP contribution is 2.07. The second-order valence-electron chi connectivity index (χ2n) is 3.67. The Hall–Kier alpha value is -0.330. The first-order chi connectivity index (χ1) is 6.44. The van der Waals surface area contributed by atoms with E-state index in [2.05, 4.69) is 4.74 Å². The molecule has 1 fully saturated rings. The summed E-state index contributed by atoms with van der Waals surface area (Å²) in [4.78, 5) is 11.1. The first kappa shape index (κ1) is 14.7. The van der Waals surface area contributed by atoms with Gasteiger partial charge in [-0.1, -0.05) is 0 Å². The molecule has 0 aromatic heterocycles. The fraction of sp³-hybridized carbons (Fsp3) is 0.875. The molecule has 0 saturated carbocycles. The van der Waals surface area contributed by atoms with E-state index in [-0.39, 0.29) is 42.0 Å². The third-order valence-electron chi connectivity index (χ3n) is 2.40. The van der Waals surface area contributed by atoms with Gasteiger partial charge >= 0.3 is 5.97 Å². The molecule has 0 spiro atoms. The van der Waals surface area contributed by atoms with Gasteiger partial charge in [-0.15, -0.1) is 0 Å². The maximum atomic E-state index is 11.1. The van der Waals surface area contributed by atoms with Gasteiger partial charge in [0, 0.05) is 6.42 Å². The lowest BCUT2D eigenvalue weighted by molar-refractivity contribution is -0.703. The van der Waals surface area contributed by atoms with E-state index < -0.39 is 9.84 Å². The number of hydrogen-bond acceptors (Lipinski definition) is 4. The van der Waals surface area contributed by atoms with Crippen molar-refractivity contribution in [2.24, 2.45) is 0 Å². The van der Waals surface area contributed by atoms with Crippen molar-refractivity contribution in [3.8, 4) is 0 Å². The van der Waals surface area contributed by atoms with Crippen molar-refractivity contribution in [1.29, 1.82) is 0 Å². The van der Waals surface area contributed by atoms with Gasteiger partial charge in [0.15, 0.2) is 15.9 Å². The lowest BCUT2D eigenvalue weighted by atomic mass is 10.2. The average Bonchev–Trinajstić information content (AvgIpc) is 2.44. The fourth-order valence-corrected chi connectivity index (χ4v) is 3.41. The molecule has 90 valence electrons. The third kappa shape index (κ3) is 4.36. The molecular formula is C8H16ClNO4S. The molecule has 0 aromatic rings. The summed E-state index contributed by atoms with van der Waals surface area (Å²) in [6.07, 6.45) is 0.629. The number of methoxy groups -OCH3 is 1. The van der Waals surface area contributed by atoms with Gasteiger partial charge in [0.25, 0.3) is 0 Å². The Bertz CT molecular complexity index is 317. The Morgan fingerprint density at radius 2 is 2.13 bits per heavy atom. The third-order valence-corrected chi connectivity index (χ3v) is 4.20. The van der Waals surface area contributed by atoms with Crippen LogP contribution in [0.4, 0.5) is 0 Å². The van der Waals surface area contributed by atoms with Crippen molar-refractivity contribution in [2.75, 3.05) is 18.6 Å². The highest BCUT2D eigenvalue weighted by atomic mass is 35.5. The molecule has 0 aliphatic carbocycles. The average molecular weight is 258 g/mol. The Morgan fingerprint density at radius 3 is 2.53 bits per heavy atom. The molecule has 15 heavy (non-hydrogen) atoms. The second kappa shape index (κ2) is 5.67. The number of rotatable bonds is 3. The number of carbonyl (C=O) groups is 1. The predicted molar refractivity (Wildman–Crippen MR) is 50.5 cm³/mol. The zero-order chi connectivity index (χ0) is 10.8. The summed E-state index contributed by atoms with van der Waals surface area (Å²) in [5, 5.41) is 1.77. The molecule has 1 heterocycles. The van der Waals surface area contributed by atoms with Crippen LogP contribution in [0.2, 0.25) is 0 Å². The SMILES string of the molecule is COC(=O)[C@H](C)[NH2+]C1CCS(=O)(=O)C1.[Cl-]. The molecular weight excluding hydrogens is 242 g/mol. The molecule has 0 bridgehead atoms. The van der Waals surface area contributed by atoms with Gasteiger partial charge in [0.05, 0.1) is 12.9 Å². The number of halogens is 1. The van der Waals surface area contributed by atoms with Gasteiger partial charge in [-0.25, -0.2) is 13.2 Å². The van der Waals surface area contributed by atoms with Crippen LogP contribution in [0.25, 0.3) is 0 Å². The van der Waals surface area contributed by atoms with Crippen molar-refractivity contribution in [3.05, 3.63) is 0 Å². The van der Waals surface area contributed by atoms with E-state index in [4.69, 9.17) is 0 Å². The van der Waals surface area contributed by atoms with Crippen LogP contribution in [0.3, 0.4) is 0 Å². The second-order valence-corrected chi connectivity index (χ2v) is 5.90. The summed E-state index contributed by atoms with van der Waals surface area (Å²) in [5.74, 6) is 0.102. The normalized spacial score (nSPS) is 25.3. The first-order valence-corrected chi connectivity index (χ1v) is 6.40. The van der Waals surface area contributed by atoms with Crippen molar-refractivity contribution in [3.63, 3.8) is 0 Å². The molecule has 0 radical (unpaired) electrons. The molecule has 7 heteroatoms. The van der Waals surface area contributed by atoms with Gasteiger partial charge in [0.1, 0.15) is 11.8 Å². The highest BCUT2D eigenvalue weighted by Gasteiger charge is 2.33. The fourth-order valence-electron chi connectivity index (χ4n) is 1.65. The van der Waals surface area contributed by atoms with Gasteiger partial charge in [-0.3, -0.25) is 0 Å². The largest absolute Gasteiger partial charge is 1.00 e. The van der Waals surface area contributed by atoms with Crippen molar-refractivity contribution < 1.29 is 35.7 Å². The number of carbonyl (C=O) groups excluding carboxylic acids is 1. The maximum Gasteiger partial charge on any atom is 0.364 e. The Kier molecular flexibility index (Phi) is 5.55. The standard InChI is InChI=1S/C8H15NO4S.ClH/c1-6(8(10)13-2)9-7-3-4-14(11,12)5-7;/h6-7,9H,3-5H2,1-2H3;1H/t6-,7?;/m0./s1. The maximum absolute atomic E-state index is 11.1. The first-order valence-electron chi connectivity index (χ1n) is 4.58. The minimum Gasteiger partial charge on any atom is -1.00 e. The molecule has 1 unspecified atom stereocenters. The summed E-state index contributed by atoms with van der Waals surface area (Å²) in [5.41, 5.74) is 0. The van der Waals surface area contributed by atoms with Crippen molar-refractivity contribution in [2.45, 2.75) is 25.4 Å². The molecule has 0 aromatic carbocycles. The smallest absolute Gasteiger partial charge is 0.364 e. The van der Waals surface area contributed by atoms with Crippen LogP contribution < -0.4 is 17.7 Å². The summed E-state index contributed by atoms with van der Waals surface area (Å²) in [6, 6.07) is -0.313. The summed E-state index contributed by atoms with van der Waals surface area (Å²) in [7, 11) is -1.53. The molecule has 1 rings (SSSR count). The predicted octanol–water partition coefficient (Wildman–Crippen LogP) is -4.70. The number of nitrogens with two attached hydrogens (primary N) is 1. The molecule has 0 amide bonds. The number of quaternary nitrogens is 1. The Balaban J connectivity index is 0.00000196. The number of esters is 1. The molecule has 2 atom stereocenters. The van der Waals surface area contributed by atoms with E-state index in [1.807, 2.05) is 0 Å². The topological polar surface area (TPSA) is 77.0 Å². The molecule has 1 aliphatic heterocycles. The van der Waals surface area contributed by atoms with Crippen molar-refractivity contribution in [1.82, 2.24) is 0 Å².